The van der Waals surface area contributed by atoms with E-state index in [1.807, 2.05) is 0 Å². The summed E-state index contributed by atoms with van der Waals surface area (Å²) in [5.41, 5.74) is 16.8. The van der Waals surface area contributed by atoms with E-state index in [0.29, 0.717) is 12.8 Å². The zero-order valence-electron chi connectivity index (χ0n) is 44.6. The summed E-state index contributed by atoms with van der Waals surface area (Å²) >= 11 is 1.16. The highest BCUT2D eigenvalue weighted by Crippen LogP contribution is 2.17. The maximum absolute atomic E-state index is 13.5. The van der Waals surface area contributed by atoms with Gasteiger partial charge >= 0.3 is 23.9 Å². The van der Waals surface area contributed by atoms with Crippen molar-refractivity contribution in [3.63, 3.8) is 0 Å². The van der Waals surface area contributed by atoms with Crippen LogP contribution in [0, 0.1) is 0 Å². The molecule has 5 atom stereocenters. The van der Waals surface area contributed by atoms with E-state index in [2.05, 4.69) is 29.8 Å². The smallest absolute Gasteiger partial charge is 0.326 e. The van der Waals surface area contributed by atoms with Gasteiger partial charge in [0.2, 0.25) is 29.5 Å². The minimum atomic E-state index is -1.65. The van der Waals surface area contributed by atoms with Crippen LogP contribution in [0.15, 0.2) is 0 Å². The second kappa shape index (κ2) is 46.1. The van der Waals surface area contributed by atoms with E-state index in [1.54, 1.807) is 0 Å². The van der Waals surface area contributed by atoms with Crippen molar-refractivity contribution in [1.29, 1.82) is 0 Å². The second-order valence-corrected chi connectivity index (χ2v) is 20.5. The predicted octanol–water partition coefficient (Wildman–Crippen LogP) is 7.40. The summed E-state index contributed by atoms with van der Waals surface area (Å²) in [4.78, 5) is 112. The van der Waals surface area contributed by atoms with Crippen molar-refractivity contribution in [2.24, 2.45) is 17.2 Å². The van der Waals surface area contributed by atoms with Crippen LogP contribution in [0.2, 0.25) is 0 Å². The first kappa shape index (κ1) is 68.5. The summed E-state index contributed by atoms with van der Waals surface area (Å²) in [6.45, 7) is 4.27. The van der Waals surface area contributed by atoms with E-state index in [4.69, 9.17) is 31.8 Å². The number of thioether (sulfide) groups is 1. The van der Waals surface area contributed by atoms with Crippen molar-refractivity contribution in [2.45, 2.75) is 262 Å². The second-order valence-electron chi connectivity index (χ2n) is 19.4. The number of nitrogens with two attached hydrogens (primary N) is 3. The van der Waals surface area contributed by atoms with Crippen LogP contribution >= 0.6 is 11.8 Å². The topological polar surface area (TPSA) is 327 Å². The highest BCUT2D eigenvalue weighted by atomic mass is 32.2. The van der Waals surface area contributed by atoms with Gasteiger partial charge < -0.3 is 52.8 Å². The fraction of sp³-hybridized carbons (Fsp3) is 0.830. The Hall–Kier alpha value is -4.46. The van der Waals surface area contributed by atoms with E-state index in [9.17, 15) is 48.3 Å². The molecule has 0 spiro atoms. The lowest BCUT2D eigenvalue weighted by molar-refractivity contribution is -0.157. The summed E-state index contributed by atoms with van der Waals surface area (Å²) in [5.74, 6) is -8.10. The molecule has 1 unspecified atom stereocenters. The number of hydrogen-bond donors (Lipinski definition) is 8. The molecule has 0 aliphatic heterocycles. The molecule has 0 saturated heterocycles. The van der Waals surface area contributed by atoms with Gasteiger partial charge in [-0.05, 0) is 32.1 Å². The van der Waals surface area contributed by atoms with E-state index < -0.39 is 103 Å². The lowest BCUT2D eigenvalue weighted by Gasteiger charge is -2.25. The quantitative estimate of drug-likeness (QED) is 0.0217. The maximum Gasteiger partial charge on any atom is 0.326 e. The summed E-state index contributed by atoms with van der Waals surface area (Å²) in [6, 6.07) is -5.92. The molecule has 0 bridgehead atoms. The van der Waals surface area contributed by atoms with Gasteiger partial charge in [0, 0.05) is 43.6 Å². The van der Waals surface area contributed by atoms with Crippen LogP contribution in [0.1, 0.15) is 232 Å². The van der Waals surface area contributed by atoms with Gasteiger partial charge in [-0.2, -0.15) is 11.8 Å². The van der Waals surface area contributed by atoms with Gasteiger partial charge in [0.15, 0.2) is 0 Å². The van der Waals surface area contributed by atoms with Crippen LogP contribution in [0.5, 0.6) is 0 Å². The van der Waals surface area contributed by atoms with Crippen LogP contribution in [0.25, 0.3) is 0 Å². The normalized spacial score (nSPS) is 13.2. The Morgan fingerprint density at radius 3 is 1.19 bits per heavy atom. The van der Waals surface area contributed by atoms with E-state index in [0.717, 1.165) is 50.3 Å². The molecule has 0 rings (SSSR count). The van der Waals surface area contributed by atoms with Crippen molar-refractivity contribution < 1.29 is 62.8 Å². The molecule has 0 aromatic carbocycles. The van der Waals surface area contributed by atoms with Crippen molar-refractivity contribution >= 4 is 65.2 Å². The minimum absolute atomic E-state index is 0.0354. The Bertz CT molecular complexity index is 1570. The molecule has 422 valence electrons. The van der Waals surface area contributed by atoms with E-state index in [1.165, 1.54) is 116 Å². The maximum atomic E-state index is 13.5. The third-order valence-electron chi connectivity index (χ3n) is 12.5. The largest absolute Gasteiger partial charge is 0.481 e. The lowest BCUT2D eigenvalue weighted by atomic mass is 10.0. The van der Waals surface area contributed by atoms with Gasteiger partial charge in [0.1, 0.15) is 30.8 Å². The SMILES string of the molecule is CCCCCCCCCCCCCCCC(=O)OC[C@H](CSCC(N)C(=O)N[C@H](CCC(N)=O)C(=O)N[C@@H](CCC(N)=O)C(=O)N[C@H](CCC(=O)O)C(=O)O)OC(=O)CCCCCCCCCCCCCCC. The molecule has 0 heterocycles. The molecule has 0 aromatic heterocycles. The molecule has 20 heteroatoms. The molecular weight excluding hydrogens is 961 g/mol. The third-order valence-corrected chi connectivity index (χ3v) is 13.7. The van der Waals surface area contributed by atoms with Gasteiger partial charge in [-0.15, -0.1) is 0 Å². The average molecular weight is 1060 g/mol. The van der Waals surface area contributed by atoms with Crippen LogP contribution in [-0.2, 0) is 52.6 Å². The molecule has 0 aromatic rings. The first-order chi connectivity index (χ1) is 35.0. The highest BCUT2D eigenvalue weighted by molar-refractivity contribution is 7.99. The van der Waals surface area contributed by atoms with Gasteiger partial charge in [-0.25, -0.2) is 4.79 Å². The number of carboxylic acids is 2. The van der Waals surface area contributed by atoms with Crippen molar-refractivity contribution in [3.05, 3.63) is 0 Å². The van der Waals surface area contributed by atoms with Gasteiger partial charge in [0.25, 0.3) is 0 Å². The van der Waals surface area contributed by atoms with Crippen LogP contribution in [0.4, 0.5) is 0 Å². The molecule has 73 heavy (non-hydrogen) atoms. The van der Waals surface area contributed by atoms with E-state index in [-0.39, 0.29) is 50.2 Å². The number of carbonyl (C=O) groups excluding carboxylic acids is 7. The Labute approximate surface area is 440 Å². The fourth-order valence-electron chi connectivity index (χ4n) is 8.05. The number of unbranched alkanes of at least 4 members (excludes halogenated alkanes) is 24. The monoisotopic (exact) mass is 1060 g/mol. The van der Waals surface area contributed by atoms with Crippen molar-refractivity contribution in [3.8, 4) is 0 Å². The highest BCUT2D eigenvalue weighted by Gasteiger charge is 2.31. The number of primary amides is 2. The Morgan fingerprint density at radius 2 is 0.808 bits per heavy atom. The minimum Gasteiger partial charge on any atom is -0.481 e. The summed E-state index contributed by atoms with van der Waals surface area (Å²) in [7, 11) is 0. The zero-order chi connectivity index (χ0) is 54.5. The number of carbonyl (C=O) groups is 9. The van der Waals surface area contributed by atoms with E-state index >= 15 is 0 Å². The molecule has 0 fully saturated rings. The number of esters is 2. The predicted molar refractivity (Wildman–Crippen MR) is 284 cm³/mol. The zero-order valence-corrected chi connectivity index (χ0v) is 45.4. The number of hydrogen-bond acceptors (Lipinski definition) is 13. The number of carboxylic acid groups (broad SMARTS) is 2. The van der Waals surface area contributed by atoms with Gasteiger partial charge in [0.05, 0.1) is 6.04 Å². The molecule has 19 nitrogen and oxygen atoms in total. The summed E-state index contributed by atoms with van der Waals surface area (Å²) in [6.07, 6.45) is 27.5. The van der Waals surface area contributed by atoms with Crippen molar-refractivity contribution in [1.82, 2.24) is 16.0 Å². The first-order valence-electron chi connectivity index (χ1n) is 27.6. The first-order valence-corrected chi connectivity index (χ1v) is 28.8. The molecule has 0 aliphatic carbocycles. The van der Waals surface area contributed by atoms with Crippen molar-refractivity contribution in [2.75, 3.05) is 18.1 Å². The third kappa shape index (κ3) is 41.6. The molecule has 5 amide bonds. The van der Waals surface area contributed by atoms with Crippen LogP contribution < -0.4 is 33.2 Å². The van der Waals surface area contributed by atoms with Crippen LogP contribution in [0.3, 0.4) is 0 Å². The molecule has 0 saturated carbocycles. The Kier molecular flexibility index (Phi) is 43.3. The molecule has 0 aliphatic rings. The number of nitrogens with one attached hydrogen (secondary N) is 3. The van der Waals surface area contributed by atoms with Gasteiger partial charge in [-0.1, -0.05) is 168 Å². The number of rotatable bonds is 51. The Balaban J connectivity index is 5.45. The lowest BCUT2D eigenvalue weighted by Crippen LogP contribution is -2.57. The molecule has 11 N–H and O–H groups in total. The molecule has 0 radical (unpaired) electrons. The average Bonchev–Trinajstić information content (AvgIpc) is 3.34. The number of aliphatic carboxylic acids is 2. The van der Waals surface area contributed by atoms with Crippen LogP contribution in [-0.4, -0.2) is 112 Å². The summed E-state index contributed by atoms with van der Waals surface area (Å²) in [5, 5.41) is 25.5. The summed E-state index contributed by atoms with van der Waals surface area (Å²) < 4.78 is 11.3. The number of amides is 5. The van der Waals surface area contributed by atoms with Gasteiger partial charge in [-0.3, -0.25) is 38.4 Å². The number of ether oxygens (including phenoxy) is 2. The Morgan fingerprint density at radius 1 is 0.452 bits per heavy atom. The standard InChI is InChI=1S/C53H96N6O13S/c1-3-5-7-9-11-13-15-17-19-21-23-25-27-29-48(64)71-37-40(72-49(65)30-28-26-24-22-20-18-16-14-12-10-8-6-4-2)38-73-39-41(54)50(66)57-42(31-34-45(55)60)51(67)58-43(32-35-46(56)61)52(68)59-44(53(69)70)33-36-47(62)63/h40-44H,3-39,54H2,1-2H3,(H2,55,60)(H2,56,61)(H,57,66)(H,58,67)(H,59,68)(H,62,63)(H,69,70)/t40-,41?,42-,43+,44-/m1/s1. The fourth-order valence-corrected chi connectivity index (χ4v) is 9.02. The molecular formula is C53H96N6O13S.